The van der Waals surface area contributed by atoms with Gasteiger partial charge in [0.05, 0.1) is 25.4 Å². The summed E-state index contributed by atoms with van der Waals surface area (Å²) in [5.41, 5.74) is 1.10. The third kappa shape index (κ3) is 7.93. The number of hydrogen-bond acceptors (Lipinski definition) is 5. The lowest BCUT2D eigenvalue weighted by molar-refractivity contribution is -0.137. The van der Waals surface area contributed by atoms with Crippen LogP contribution < -0.4 is 0 Å². The van der Waals surface area contributed by atoms with Crippen LogP contribution in [0.25, 0.3) is 0 Å². The van der Waals surface area contributed by atoms with Gasteiger partial charge in [-0.2, -0.15) is 0 Å². The molecule has 0 saturated carbocycles. The summed E-state index contributed by atoms with van der Waals surface area (Å²) in [5, 5.41) is 19.5. The van der Waals surface area contributed by atoms with E-state index in [-0.39, 0.29) is 6.61 Å². The Morgan fingerprint density at radius 1 is 1.27 bits per heavy atom. The van der Waals surface area contributed by atoms with Crippen LogP contribution in [0.1, 0.15) is 25.3 Å². The Morgan fingerprint density at radius 2 is 2.00 bits per heavy atom. The number of aliphatic hydroxyl groups excluding tert-OH is 2. The molecule has 0 aliphatic carbocycles. The van der Waals surface area contributed by atoms with Gasteiger partial charge in [0.1, 0.15) is 0 Å². The molecule has 2 atom stereocenters. The summed E-state index contributed by atoms with van der Waals surface area (Å²) < 4.78 is 10.2. The molecular weight excluding hydrogens is 284 g/mol. The molecule has 0 aliphatic rings. The van der Waals surface area contributed by atoms with Crippen LogP contribution in [0.3, 0.4) is 0 Å². The second-order valence-electron chi connectivity index (χ2n) is 4.85. The molecule has 0 heterocycles. The fourth-order valence-corrected chi connectivity index (χ4v) is 1.83. The Balaban J connectivity index is 2.14. The number of hydrogen-bond donors (Lipinski definition) is 2. The van der Waals surface area contributed by atoms with Crippen LogP contribution in [0.4, 0.5) is 0 Å². The van der Waals surface area contributed by atoms with Crippen molar-refractivity contribution in [3.63, 3.8) is 0 Å². The summed E-state index contributed by atoms with van der Waals surface area (Å²) in [6.07, 6.45) is 1.38. The Kier molecular flexibility index (Phi) is 9.14. The van der Waals surface area contributed by atoms with E-state index in [0.29, 0.717) is 26.1 Å². The van der Waals surface area contributed by atoms with Crippen molar-refractivity contribution in [2.24, 2.45) is 0 Å². The maximum atomic E-state index is 11.1. The van der Waals surface area contributed by atoms with Crippen molar-refractivity contribution >= 4 is 5.97 Å². The van der Waals surface area contributed by atoms with Gasteiger partial charge in [0.2, 0.25) is 0 Å². The molecule has 0 fully saturated rings. The molecule has 1 aromatic rings. The average Bonchev–Trinajstić information content (AvgIpc) is 2.53. The van der Waals surface area contributed by atoms with Gasteiger partial charge in [0, 0.05) is 12.7 Å². The van der Waals surface area contributed by atoms with Crippen LogP contribution in [0.15, 0.2) is 42.5 Å². The third-order valence-electron chi connectivity index (χ3n) is 3.01. The second-order valence-corrected chi connectivity index (χ2v) is 4.85. The molecule has 0 saturated heterocycles. The van der Waals surface area contributed by atoms with Gasteiger partial charge in [-0.1, -0.05) is 30.3 Å². The monoisotopic (exact) mass is 308 g/mol. The first kappa shape index (κ1) is 18.4. The van der Waals surface area contributed by atoms with Crippen LogP contribution in [-0.2, 0) is 20.9 Å². The average molecular weight is 308 g/mol. The normalized spacial score (nSPS) is 14.0. The molecule has 0 aliphatic heterocycles. The summed E-state index contributed by atoms with van der Waals surface area (Å²) in [7, 11) is 0. The van der Waals surface area contributed by atoms with Crippen molar-refractivity contribution < 1.29 is 24.5 Å². The van der Waals surface area contributed by atoms with E-state index in [1.807, 2.05) is 30.3 Å². The molecule has 0 radical (unpaired) electrons. The molecule has 122 valence electrons. The molecule has 22 heavy (non-hydrogen) atoms. The van der Waals surface area contributed by atoms with Crippen molar-refractivity contribution in [2.45, 2.75) is 38.6 Å². The van der Waals surface area contributed by atoms with E-state index in [2.05, 4.69) is 4.74 Å². The van der Waals surface area contributed by atoms with Crippen LogP contribution in [0, 0.1) is 0 Å². The van der Waals surface area contributed by atoms with E-state index in [0.717, 1.165) is 11.6 Å². The minimum Gasteiger partial charge on any atom is -0.463 e. The van der Waals surface area contributed by atoms with Crippen LogP contribution in [0.5, 0.6) is 0 Å². The minimum atomic E-state index is -1.08. The smallest absolute Gasteiger partial charge is 0.330 e. The lowest BCUT2D eigenvalue weighted by atomic mass is 10.1. The van der Waals surface area contributed by atoms with Crippen LogP contribution in [0.2, 0.25) is 0 Å². The van der Waals surface area contributed by atoms with Crippen molar-refractivity contribution in [1.82, 2.24) is 0 Å². The first-order valence-electron chi connectivity index (χ1n) is 7.46. The highest BCUT2D eigenvalue weighted by atomic mass is 16.5. The van der Waals surface area contributed by atoms with Gasteiger partial charge in [-0.25, -0.2) is 4.79 Å². The molecule has 0 bridgehead atoms. The largest absolute Gasteiger partial charge is 0.463 e. The van der Waals surface area contributed by atoms with Gasteiger partial charge in [-0.3, -0.25) is 0 Å². The Bertz CT molecular complexity index is 444. The van der Waals surface area contributed by atoms with Gasteiger partial charge in [0.25, 0.3) is 0 Å². The Morgan fingerprint density at radius 3 is 2.68 bits per heavy atom. The number of rotatable bonds is 10. The molecule has 5 nitrogen and oxygen atoms in total. The van der Waals surface area contributed by atoms with Crippen molar-refractivity contribution in [1.29, 1.82) is 0 Å². The minimum absolute atomic E-state index is 0.278. The number of aliphatic hydroxyl groups is 2. The zero-order valence-corrected chi connectivity index (χ0v) is 12.9. The fourth-order valence-electron chi connectivity index (χ4n) is 1.83. The summed E-state index contributed by atoms with van der Waals surface area (Å²) in [5.74, 6) is -0.528. The quantitative estimate of drug-likeness (QED) is 0.392. The highest BCUT2D eigenvalue weighted by molar-refractivity contribution is 5.81. The Hall–Kier alpha value is -1.69. The van der Waals surface area contributed by atoms with Crippen LogP contribution in [-0.4, -0.2) is 41.6 Å². The standard InChI is InChI=1S/C17H24O5/c1-2-22-17(20)11-10-16(19)15(18)9-6-12-21-13-14-7-4-3-5-8-14/h3-5,7-8,10-11,15-16,18-19H,2,6,9,12-13H2,1H3/b11-10+/t15-,16-/m0/s1. The zero-order valence-electron chi connectivity index (χ0n) is 12.9. The van der Waals surface area contributed by atoms with E-state index in [4.69, 9.17) is 4.74 Å². The van der Waals surface area contributed by atoms with E-state index in [9.17, 15) is 15.0 Å². The number of carbonyl (C=O) groups excluding carboxylic acids is 1. The lowest BCUT2D eigenvalue weighted by Crippen LogP contribution is -2.24. The van der Waals surface area contributed by atoms with Gasteiger partial charge in [0.15, 0.2) is 0 Å². The van der Waals surface area contributed by atoms with E-state index < -0.39 is 18.2 Å². The third-order valence-corrected chi connectivity index (χ3v) is 3.01. The number of carbonyl (C=O) groups is 1. The predicted octanol–water partition coefficient (Wildman–Crippen LogP) is 1.82. The molecular formula is C17H24O5. The van der Waals surface area contributed by atoms with E-state index in [1.54, 1.807) is 6.92 Å². The maximum absolute atomic E-state index is 11.1. The summed E-state index contributed by atoms with van der Waals surface area (Å²) in [6, 6.07) is 9.83. The van der Waals surface area contributed by atoms with Crippen molar-refractivity contribution in [2.75, 3.05) is 13.2 Å². The summed E-state index contributed by atoms with van der Waals surface area (Å²) >= 11 is 0. The summed E-state index contributed by atoms with van der Waals surface area (Å²) in [6.45, 7) is 3.01. The SMILES string of the molecule is CCOC(=O)/C=C/[C@H](O)[C@@H](O)CCCOCc1ccccc1. The Labute approximate surface area is 131 Å². The van der Waals surface area contributed by atoms with Gasteiger partial charge < -0.3 is 19.7 Å². The van der Waals surface area contributed by atoms with Gasteiger partial charge in [-0.05, 0) is 31.4 Å². The number of benzene rings is 1. The molecule has 0 aromatic heterocycles. The van der Waals surface area contributed by atoms with Gasteiger partial charge >= 0.3 is 5.97 Å². The zero-order chi connectivity index (χ0) is 16.2. The molecule has 5 heteroatoms. The van der Waals surface area contributed by atoms with Crippen molar-refractivity contribution in [3.8, 4) is 0 Å². The molecule has 0 unspecified atom stereocenters. The number of ether oxygens (including phenoxy) is 2. The molecule has 2 N–H and O–H groups in total. The highest BCUT2D eigenvalue weighted by Crippen LogP contribution is 2.06. The summed E-state index contributed by atoms with van der Waals surface area (Å²) in [4.78, 5) is 11.1. The van der Waals surface area contributed by atoms with Crippen LogP contribution >= 0.6 is 0 Å². The fraction of sp³-hybridized carbons (Fsp3) is 0.471. The molecule has 0 spiro atoms. The second kappa shape index (κ2) is 11.0. The highest BCUT2D eigenvalue weighted by Gasteiger charge is 2.13. The number of esters is 1. The maximum Gasteiger partial charge on any atom is 0.330 e. The first-order valence-corrected chi connectivity index (χ1v) is 7.46. The van der Waals surface area contributed by atoms with E-state index >= 15 is 0 Å². The molecule has 1 aromatic carbocycles. The predicted molar refractivity (Wildman–Crippen MR) is 83.1 cm³/mol. The topological polar surface area (TPSA) is 76.0 Å². The molecule has 1 rings (SSSR count). The lowest BCUT2D eigenvalue weighted by Gasteiger charge is -2.14. The first-order chi connectivity index (χ1) is 10.6. The van der Waals surface area contributed by atoms with E-state index in [1.165, 1.54) is 6.08 Å². The molecule has 0 amide bonds. The van der Waals surface area contributed by atoms with Gasteiger partial charge in [-0.15, -0.1) is 0 Å². The van der Waals surface area contributed by atoms with Crippen molar-refractivity contribution in [3.05, 3.63) is 48.0 Å².